The van der Waals surface area contributed by atoms with Gasteiger partial charge in [-0.2, -0.15) is 0 Å². The second-order valence-electron chi connectivity index (χ2n) is 7.62. The normalized spacial score (nSPS) is 21.5. The Hall–Kier alpha value is -1.92. The first-order valence-corrected chi connectivity index (χ1v) is 9.85. The Labute approximate surface area is 154 Å². The van der Waals surface area contributed by atoms with Crippen molar-refractivity contribution >= 4 is 5.82 Å². The monoisotopic (exact) mass is 354 g/mol. The molecular weight excluding hydrogens is 328 g/mol. The first-order chi connectivity index (χ1) is 12.9. The summed E-state index contributed by atoms with van der Waals surface area (Å²) in [5.41, 5.74) is 2.53. The lowest BCUT2D eigenvalue weighted by Gasteiger charge is -2.30. The van der Waals surface area contributed by atoms with Gasteiger partial charge >= 0.3 is 0 Å². The van der Waals surface area contributed by atoms with Crippen molar-refractivity contribution in [3.63, 3.8) is 0 Å². The molecule has 6 heteroatoms. The number of anilines is 1. The quantitative estimate of drug-likeness (QED) is 0.840. The summed E-state index contributed by atoms with van der Waals surface area (Å²) in [7, 11) is 0. The molecule has 3 aliphatic rings. The van der Waals surface area contributed by atoms with Crippen molar-refractivity contribution in [3.05, 3.63) is 29.7 Å². The number of fused-ring (bicyclic) bond motifs is 1. The van der Waals surface area contributed by atoms with E-state index in [0.717, 1.165) is 69.7 Å². The SMILES string of the molecule is c1coc(-c2nc3c(c(N4CCOCC4)n2)CCN(CC2CC2)CC3)c1. The summed E-state index contributed by atoms with van der Waals surface area (Å²) in [6, 6.07) is 3.84. The lowest BCUT2D eigenvalue weighted by atomic mass is 10.1. The van der Waals surface area contributed by atoms with E-state index in [-0.39, 0.29) is 0 Å². The summed E-state index contributed by atoms with van der Waals surface area (Å²) in [5.74, 6) is 3.49. The molecular formula is C20H26N4O2. The molecule has 1 saturated carbocycles. The third kappa shape index (κ3) is 3.35. The number of aromatic nitrogens is 2. The predicted octanol–water partition coefficient (Wildman–Crippen LogP) is 2.38. The van der Waals surface area contributed by atoms with Crippen LogP contribution < -0.4 is 4.90 Å². The van der Waals surface area contributed by atoms with Gasteiger partial charge in [0.15, 0.2) is 11.6 Å². The molecule has 0 atom stereocenters. The molecule has 6 nitrogen and oxygen atoms in total. The standard InChI is InChI=1S/C20H26N4O2/c1-2-18(26-11-1)19-21-17-6-8-23(14-15-3-4-15)7-5-16(17)20(22-19)24-9-12-25-13-10-24/h1-2,11,15H,3-10,12-14H2. The van der Waals surface area contributed by atoms with Crippen molar-refractivity contribution in [2.75, 3.05) is 50.8 Å². The Balaban J connectivity index is 1.49. The van der Waals surface area contributed by atoms with Crippen molar-refractivity contribution in [1.29, 1.82) is 0 Å². The van der Waals surface area contributed by atoms with Gasteiger partial charge in [0.05, 0.1) is 25.2 Å². The van der Waals surface area contributed by atoms with Gasteiger partial charge in [-0.15, -0.1) is 0 Å². The molecule has 138 valence electrons. The zero-order valence-electron chi connectivity index (χ0n) is 15.2. The highest BCUT2D eigenvalue weighted by molar-refractivity contribution is 5.57. The van der Waals surface area contributed by atoms with E-state index in [4.69, 9.17) is 19.1 Å². The summed E-state index contributed by atoms with van der Waals surface area (Å²) in [6.45, 7) is 6.79. The highest BCUT2D eigenvalue weighted by Gasteiger charge is 2.28. The first kappa shape index (κ1) is 16.3. The van der Waals surface area contributed by atoms with Crippen molar-refractivity contribution in [3.8, 4) is 11.6 Å². The molecule has 5 rings (SSSR count). The first-order valence-electron chi connectivity index (χ1n) is 9.85. The molecule has 4 heterocycles. The lowest BCUT2D eigenvalue weighted by molar-refractivity contribution is 0.122. The number of ether oxygens (including phenoxy) is 1. The van der Waals surface area contributed by atoms with Crippen LogP contribution in [0.4, 0.5) is 5.82 Å². The highest BCUT2D eigenvalue weighted by Crippen LogP contribution is 2.32. The minimum atomic E-state index is 0.714. The van der Waals surface area contributed by atoms with E-state index < -0.39 is 0 Å². The largest absolute Gasteiger partial charge is 0.461 e. The summed E-state index contributed by atoms with van der Waals surface area (Å²) in [4.78, 5) is 14.8. The average molecular weight is 354 g/mol. The summed E-state index contributed by atoms with van der Waals surface area (Å²) >= 11 is 0. The smallest absolute Gasteiger partial charge is 0.197 e. The maximum absolute atomic E-state index is 5.59. The maximum Gasteiger partial charge on any atom is 0.197 e. The molecule has 1 aliphatic carbocycles. The Bertz CT molecular complexity index is 751. The number of nitrogens with zero attached hydrogens (tertiary/aromatic N) is 4. The second-order valence-corrected chi connectivity index (χ2v) is 7.62. The van der Waals surface area contributed by atoms with Gasteiger partial charge in [-0.25, -0.2) is 9.97 Å². The molecule has 2 fully saturated rings. The Morgan fingerprint density at radius 2 is 1.88 bits per heavy atom. The summed E-state index contributed by atoms with van der Waals surface area (Å²) < 4.78 is 11.1. The van der Waals surface area contributed by atoms with Gasteiger partial charge in [0.2, 0.25) is 0 Å². The zero-order chi connectivity index (χ0) is 17.3. The predicted molar refractivity (Wildman–Crippen MR) is 99.3 cm³/mol. The minimum Gasteiger partial charge on any atom is -0.461 e. The van der Waals surface area contributed by atoms with Crippen LogP contribution in [0, 0.1) is 5.92 Å². The van der Waals surface area contributed by atoms with Crippen LogP contribution in [0.15, 0.2) is 22.8 Å². The van der Waals surface area contributed by atoms with Crippen LogP contribution >= 0.6 is 0 Å². The maximum atomic E-state index is 5.59. The van der Waals surface area contributed by atoms with E-state index in [1.165, 1.54) is 30.6 Å². The molecule has 0 aromatic carbocycles. The summed E-state index contributed by atoms with van der Waals surface area (Å²) in [5, 5.41) is 0. The number of hydrogen-bond donors (Lipinski definition) is 0. The fourth-order valence-corrected chi connectivity index (χ4v) is 4.03. The van der Waals surface area contributed by atoms with Crippen LogP contribution in [-0.2, 0) is 17.6 Å². The lowest BCUT2D eigenvalue weighted by Crippen LogP contribution is -2.38. The van der Waals surface area contributed by atoms with Crippen molar-refractivity contribution in [1.82, 2.24) is 14.9 Å². The van der Waals surface area contributed by atoms with Gasteiger partial charge in [-0.3, -0.25) is 0 Å². The fraction of sp³-hybridized carbons (Fsp3) is 0.600. The van der Waals surface area contributed by atoms with Crippen LogP contribution in [0.2, 0.25) is 0 Å². The van der Waals surface area contributed by atoms with Gasteiger partial charge in [-0.05, 0) is 37.3 Å². The van der Waals surface area contributed by atoms with E-state index in [9.17, 15) is 0 Å². The van der Waals surface area contributed by atoms with E-state index >= 15 is 0 Å². The number of morpholine rings is 1. The molecule has 2 aromatic rings. The molecule has 0 spiro atoms. The molecule has 0 N–H and O–H groups in total. The summed E-state index contributed by atoms with van der Waals surface area (Å²) in [6.07, 6.45) is 6.54. The van der Waals surface area contributed by atoms with E-state index in [1.807, 2.05) is 12.1 Å². The molecule has 0 bridgehead atoms. The average Bonchev–Trinajstić information content (AvgIpc) is 3.38. The van der Waals surface area contributed by atoms with Crippen LogP contribution in [0.5, 0.6) is 0 Å². The van der Waals surface area contributed by atoms with Crippen molar-refractivity contribution in [2.45, 2.75) is 25.7 Å². The van der Waals surface area contributed by atoms with Gasteiger partial charge in [0.1, 0.15) is 5.82 Å². The van der Waals surface area contributed by atoms with Gasteiger partial charge in [-0.1, -0.05) is 0 Å². The number of hydrogen-bond acceptors (Lipinski definition) is 6. The molecule has 0 amide bonds. The van der Waals surface area contributed by atoms with Crippen LogP contribution in [0.3, 0.4) is 0 Å². The zero-order valence-corrected chi connectivity index (χ0v) is 15.2. The fourth-order valence-electron chi connectivity index (χ4n) is 4.03. The molecule has 0 unspecified atom stereocenters. The van der Waals surface area contributed by atoms with Gasteiger partial charge in [0.25, 0.3) is 0 Å². The third-order valence-corrected chi connectivity index (χ3v) is 5.68. The van der Waals surface area contributed by atoms with Crippen LogP contribution in [0.25, 0.3) is 11.6 Å². The minimum absolute atomic E-state index is 0.714. The number of furan rings is 1. The molecule has 2 aromatic heterocycles. The third-order valence-electron chi connectivity index (χ3n) is 5.68. The Morgan fingerprint density at radius 3 is 2.65 bits per heavy atom. The van der Waals surface area contributed by atoms with Crippen LogP contribution in [0.1, 0.15) is 24.1 Å². The van der Waals surface area contributed by atoms with E-state index in [1.54, 1.807) is 6.26 Å². The Morgan fingerprint density at radius 1 is 1.04 bits per heavy atom. The van der Waals surface area contributed by atoms with Gasteiger partial charge < -0.3 is 19.0 Å². The van der Waals surface area contributed by atoms with Crippen molar-refractivity contribution in [2.24, 2.45) is 5.92 Å². The topological polar surface area (TPSA) is 54.6 Å². The highest BCUT2D eigenvalue weighted by atomic mass is 16.5. The molecule has 0 radical (unpaired) electrons. The Kier molecular flexibility index (Phi) is 4.38. The van der Waals surface area contributed by atoms with Gasteiger partial charge in [0, 0.05) is 44.7 Å². The number of rotatable bonds is 4. The molecule has 2 aliphatic heterocycles. The molecule has 1 saturated heterocycles. The van der Waals surface area contributed by atoms with E-state index in [0.29, 0.717) is 5.82 Å². The van der Waals surface area contributed by atoms with E-state index in [2.05, 4.69) is 9.80 Å². The molecule has 26 heavy (non-hydrogen) atoms. The van der Waals surface area contributed by atoms with Crippen molar-refractivity contribution < 1.29 is 9.15 Å². The second kappa shape index (κ2) is 7.00. The van der Waals surface area contributed by atoms with Crippen LogP contribution in [-0.4, -0.2) is 60.8 Å².